The number of sulfone groups is 1. The SMILES string of the molecule is O=S(=O)(Cc1cc(-c2cccs2)on1)c1ccc(C(F)(F)F)cn1. The van der Waals surface area contributed by atoms with E-state index in [1.807, 2.05) is 11.4 Å². The maximum Gasteiger partial charge on any atom is 0.417 e. The van der Waals surface area contributed by atoms with Crippen LogP contribution in [0.3, 0.4) is 0 Å². The van der Waals surface area contributed by atoms with Crippen molar-refractivity contribution in [1.82, 2.24) is 10.1 Å². The van der Waals surface area contributed by atoms with Crippen LogP contribution in [0.25, 0.3) is 10.6 Å². The molecule has 5 nitrogen and oxygen atoms in total. The van der Waals surface area contributed by atoms with Gasteiger partial charge in [0.1, 0.15) is 5.75 Å². The minimum atomic E-state index is -4.57. The van der Waals surface area contributed by atoms with Crippen LogP contribution >= 0.6 is 11.3 Å². The summed E-state index contributed by atoms with van der Waals surface area (Å²) in [6.45, 7) is 0. The third kappa shape index (κ3) is 3.49. The lowest BCUT2D eigenvalue weighted by atomic mass is 10.3. The van der Waals surface area contributed by atoms with Gasteiger partial charge in [-0.15, -0.1) is 11.3 Å². The number of halogens is 3. The van der Waals surface area contributed by atoms with Crippen molar-refractivity contribution in [3.63, 3.8) is 0 Å². The molecular weight excluding hydrogens is 365 g/mol. The van der Waals surface area contributed by atoms with Gasteiger partial charge in [-0.25, -0.2) is 13.4 Å². The molecule has 3 aromatic rings. The van der Waals surface area contributed by atoms with Crippen LogP contribution < -0.4 is 0 Å². The molecule has 3 aromatic heterocycles. The lowest BCUT2D eigenvalue weighted by molar-refractivity contribution is -0.137. The molecule has 10 heteroatoms. The molecule has 0 unspecified atom stereocenters. The second kappa shape index (κ2) is 6.02. The molecule has 0 spiro atoms. The normalized spacial score (nSPS) is 12.5. The number of pyridine rings is 1. The molecule has 0 radical (unpaired) electrons. The monoisotopic (exact) mass is 374 g/mol. The quantitative estimate of drug-likeness (QED) is 0.695. The molecule has 0 fully saturated rings. The minimum absolute atomic E-state index is 0.153. The van der Waals surface area contributed by atoms with Crippen molar-refractivity contribution in [3.8, 4) is 10.6 Å². The highest BCUT2D eigenvalue weighted by atomic mass is 32.2. The van der Waals surface area contributed by atoms with Gasteiger partial charge in [0.25, 0.3) is 0 Å². The highest BCUT2D eigenvalue weighted by Crippen LogP contribution is 2.29. The Morgan fingerprint density at radius 2 is 2.00 bits per heavy atom. The van der Waals surface area contributed by atoms with Crippen molar-refractivity contribution in [3.05, 3.63) is 53.2 Å². The Hall–Kier alpha value is -2.20. The summed E-state index contributed by atoms with van der Waals surface area (Å²) in [5.41, 5.74) is -0.858. The molecule has 0 N–H and O–H groups in total. The highest BCUT2D eigenvalue weighted by Gasteiger charge is 2.31. The summed E-state index contributed by atoms with van der Waals surface area (Å²) < 4.78 is 67.0. The van der Waals surface area contributed by atoms with Crippen LogP contribution in [0.2, 0.25) is 0 Å². The second-order valence-corrected chi connectivity index (χ2v) is 7.69. The largest absolute Gasteiger partial charge is 0.417 e. The minimum Gasteiger partial charge on any atom is -0.355 e. The van der Waals surface area contributed by atoms with Gasteiger partial charge >= 0.3 is 6.18 Å². The fraction of sp³-hybridized carbons (Fsp3) is 0.143. The van der Waals surface area contributed by atoms with Gasteiger partial charge in [-0.2, -0.15) is 13.2 Å². The zero-order valence-electron chi connectivity index (χ0n) is 11.8. The van der Waals surface area contributed by atoms with Crippen molar-refractivity contribution >= 4 is 21.2 Å². The Balaban J connectivity index is 1.81. The van der Waals surface area contributed by atoms with Crippen LogP contribution in [0, 0.1) is 0 Å². The zero-order valence-corrected chi connectivity index (χ0v) is 13.5. The van der Waals surface area contributed by atoms with Crippen LogP contribution in [0.15, 0.2) is 51.5 Å². The Bertz CT molecular complexity index is 931. The zero-order chi connectivity index (χ0) is 17.4. The first-order chi connectivity index (χ1) is 11.3. The molecule has 3 rings (SSSR count). The van der Waals surface area contributed by atoms with Crippen molar-refractivity contribution in [2.24, 2.45) is 0 Å². The second-order valence-electron chi connectivity index (χ2n) is 4.80. The first kappa shape index (κ1) is 16.7. The van der Waals surface area contributed by atoms with Gasteiger partial charge in [-0.3, -0.25) is 0 Å². The van der Waals surface area contributed by atoms with E-state index in [0.717, 1.165) is 10.9 Å². The summed E-state index contributed by atoms with van der Waals surface area (Å²) in [6, 6.07) is 6.59. The van der Waals surface area contributed by atoms with E-state index in [2.05, 4.69) is 10.1 Å². The van der Waals surface area contributed by atoms with Crippen LogP contribution in [0.4, 0.5) is 13.2 Å². The van der Waals surface area contributed by atoms with Crippen molar-refractivity contribution in [2.75, 3.05) is 0 Å². The molecule has 0 saturated carbocycles. The molecular formula is C14H9F3N2O3S2. The molecule has 3 heterocycles. The Labute approximate surface area is 138 Å². The van der Waals surface area contributed by atoms with E-state index >= 15 is 0 Å². The molecule has 0 atom stereocenters. The molecule has 0 aliphatic heterocycles. The van der Waals surface area contributed by atoms with E-state index in [1.54, 1.807) is 6.07 Å². The lowest BCUT2D eigenvalue weighted by Crippen LogP contribution is -2.10. The summed E-state index contributed by atoms with van der Waals surface area (Å²) in [7, 11) is -3.93. The Morgan fingerprint density at radius 3 is 2.58 bits per heavy atom. The van der Waals surface area contributed by atoms with Crippen LogP contribution in [-0.2, 0) is 21.8 Å². The number of hydrogen-bond acceptors (Lipinski definition) is 6. The molecule has 0 aliphatic rings. The van der Waals surface area contributed by atoms with Crippen LogP contribution in [0.1, 0.15) is 11.3 Å². The predicted molar refractivity (Wildman–Crippen MR) is 79.9 cm³/mol. The number of thiophene rings is 1. The summed E-state index contributed by atoms with van der Waals surface area (Å²) in [4.78, 5) is 4.20. The number of aromatic nitrogens is 2. The number of nitrogens with zero attached hydrogens (tertiary/aromatic N) is 2. The number of hydrogen-bond donors (Lipinski definition) is 0. The van der Waals surface area contributed by atoms with Gasteiger partial charge in [0.15, 0.2) is 10.8 Å². The van der Waals surface area contributed by atoms with Crippen LogP contribution in [0.5, 0.6) is 0 Å². The van der Waals surface area contributed by atoms with E-state index in [9.17, 15) is 21.6 Å². The van der Waals surface area contributed by atoms with E-state index < -0.39 is 32.4 Å². The van der Waals surface area contributed by atoms with Crippen molar-refractivity contribution in [2.45, 2.75) is 17.0 Å². The van der Waals surface area contributed by atoms with E-state index in [0.29, 0.717) is 18.0 Å². The fourth-order valence-corrected chi connectivity index (χ4v) is 3.75. The Morgan fingerprint density at radius 1 is 1.21 bits per heavy atom. The molecule has 126 valence electrons. The van der Waals surface area contributed by atoms with Gasteiger partial charge in [0.2, 0.25) is 9.84 Å². The molecule has 0 aromatic carbocycles. The number of alkyl halides is 3. The van der Waals surface area contributed by atoms with Gasteiger partial charge < -0.3 is 4.52 Å². The third-order valence-corrected chi connectivity index (χ3v) is 5.48. The lowest BCUT2D eigenvalue weighted by Gasteiger charge is -2.06. The van der Waals surface area contributed by atoms with E-state index in [-0.39, 0.29) is 5.69 Å². The molecule has 24 heavy (non-hydrogen) atoms. The topological polar surface area (TPSA) is 73.1 Å². The summed E-state index contributed by atoms with van der Waals surface area (Å²) in [5.74, 6) is -0.0872. The van der Waals surface area contributed by atoms with Gasteiger partial charge in [-0.05, 0) is 23.6 Å². The highest BCUT2D eigenvalue weighted by molar-refractivity contribution is 7.90. The molecule has 0 bridgehead atoms. The van der Waals surface area contributed by atoms with Crippen LogP contribution in [-0.4, -0.2) is 18.6 Å². The predicted octanol–water partition coefficient (Wildman–Crippen LogP) is 3.79. The molecule has 0 aliphatic carbocycles. The van der Waals surface area contributed by atoms with Gasteiger partial charge in [0, 0.05) is 12.3 Å². The number of rotatable bonds is 4. The first-order valence-corrected chi connectivity index (χ1v) is 9.04. The fourth-order valence-electron chi connectivity index (χ4n) is 1.92. The van der Waals surface area contributed by atoms with Gasteiger partial charge in [-0.1, -0.05) is 11.2 Å². The smallest absolute Gasteiger partial charge is 0.355 e. The first-order valence-electron chi connectivity index (χ1n) is 6.51. The van der Waals surface area contributed by atoms with Crippen molar-refractivity contribution in [1.29, 1.82) is 0 Å². The average molecular weight is 374 g/mol. The Kier molecular flexibility index (Phi) is 4.18. The van der Waals surface area contributed by atoms with E-state index in [4.69, 9.17) is 4.52 Å². The van der Waals surface area contributed by atoms with Crippen molar-refractivity contribution < 1.29 is 26.1 Å². The van der Waals surface area contributed by atoms with Gasteiger partial charge in [0.05, 0.1) is 16.1 Å². The average Bonchev–Trinajstić information content (AvgIpc) is 3.17. The summed E-state index contributed by atoms with van der Waals surface area (Å²) in [5, 5.41) is 5.07. The maximum atomic E-state index is 12.5. The summed E-state index contributed by atoms with van der Waals surface area (Å²) in [6.07, 6.45) is -4.08. The standard InChI is InChI=1S/C14H9F3N2O3S2/c15-14(16,17)9-3-4-13(18-7-9)24(20,21)8-10-6-11(22-19-10)12-2-1-5-23-12/h1-7H,8H2. The van der Waals surface area contributed by atoms with E-state index in [1.165, 1.54) is 17.4 Å². The summed E-state index contributed by atoms with van der Waals surface area (Å²) >= 11 is 1.41. The third-order valence-electron chi connectivity index (χ3n) is 3.04. The molecule has 0 saturated heterocycles. The molecule has 0 amide bonds. The maximum absolute atomic E-state index is 12.5.